The number of rotatable bonds is 5. The minimum absolute atomic E-state index is 0.177. The highest BCUT2D eigenvalue weighted by Gasteiger charge is 2.06. The Bertz CT molecular complexity index is 618. The summed E-state index contributed by atoms with van der Waals surface area (Å²) in [6, 6.07) is 9.63. The molecule has 3 nitrogen and oxygen atoms in total. The van der Waals surface area contributed by atoms with Gasteiger partial charge in [0.25, 0.3) is 0 Å². The monoisotopic (exact) mass is 349 g/mol. The molecule has 0 bridgehead atoms. The third-order valence-electron chi connectivity index (χ3n) is 3.29. The number of aryl methyl sites for hydroxylation is 2. The van der Waals surface area contributed by atoms with Crippen molar-refractivity contribution >= 4 is 21.6 Å². The molecule has 0 amide bonds. The van der Waals surface area contributed by atoms with Gasteiger partial charge in [-0.2, -0.15) is 0 Å². The van der Waals surface area contributed by atoms with Crippen LogP contribution in [0.3, 0.4) is 0 Å². The number of halogens is 1. The average molecular weight is 350 g/mol. The van der Waals surface area contributed by atoms with E-state index in [1.54, 1.807) is 6.07 Å². The molecule has 0 aliphatic heterocycles. The second-order valence-corrected chi connectivity index (χ2v) is 5.92. The van der Waals surface area contributed by atoms with Crippen molar-refractivity contribution in [1.29, 1.82) is 0 Å². The highest BCUT2D eigenvalue weighted by molar-refractivity contribution is 9.10. The number of aromatic hydroxyl groups is 1. The van der Waals surface area contributed by atoms with E-state index in [0.717, 1.165) is 15.7 Å². The van der Waals surface area contributed by atoms with Gasteiger partial charge in [0.1, 0.15) is 0 Å². The lowest BCUT2D eigenvalue weighted by Crippen LogP contribution is -2.03. The van der Waals surface area contributed by atoms with Crippen molar-refractivity contribution in [2.75, 3.05) is 11.9 Å². The molecule has 0 spiro atoms. The van der Waals surface area contributed by atoms with Crippen molar-refractivity contribution in [2.24, 2.45) is 0 Å². The van der Waals surface area contributed by atoms with Gasteiger partial charge < -0.3 is 15.2 Å². The molecule has 4 heteroatoms. The highest BCUT2D eigenvalue weighted by atomic mass is 79.9. The van der Waals surface area contributed by atoms with Gasteiger partial charge in [-0.3, -0.25) is 0 Å². The van der Waals surface area contributed by atoms with Gasteiger partial charge in [-0.1, -0.05) is 22.0 Å². The Kier molecular flexibility index (Phi) is 5.12. The molecule has 2 rings (SSSR count). The Morgan fingerprint density at radius 1 is 1.14 bits per heavy atom. The fourth-order valence-corrected chi connectivity index (χ4v) is 3.01. The van der Waals surface area contributed by atoms with Crippen LogP contribution in [0.2, 0.25) is 0 Å². The van der Waals surface area contributed by atoms with Crippen LogP contribution in [-0.4, -0.2) is 11.7 Å². The molecular formula is C17H20BrNO2. The smallest absolute Gasteiger partial charge is 0.161 e. The number of ether oxygens (including phenoxy) is 1. The predicted octanol–water partition coefficient (Wildman–Crippen LogP) is 4.78. The molecule has 0 atom stereocenters. The van der Waals surface area contributed by atoms with E-state index in [2.05, 4.69) is 47.2 Å². The zero-order valence-electron chi connectivity index (χ0n) is 12.5. The van der Waals surface area contributed by atoms with E-state index in [-0.39, 0.29) is 5.75 Å². The molecule has 0 aliphatic carbocycles. The minimum Gasteiger partial charge on any atom is -0.504 e. The van der Waals surface area contributed by atoms with Gasteiger partial charge in [-0.15, -0.1) is 0 Å². The molecule has 112 valence electrons. The molecule has 2 aromatic carbocycles. The van der Waals surface area contributed by atoms with E-state index in [0.29, 0.717) is 18.9 Å². The summed E-state index contributed by atoms with van der Waals surface area (Å²) < 4.78 is 6.50. The van der Waals surface area contributed by atoms with E-state index in [4.69, 9.17) is 4.74 Å². The summed E-state index contributed by atoms with van der Waals surface area (Å²) >= 11 is 3.51. The van der Waals surface area contributed by atoms with Crippen LogP contribution >= 0.6 is 15.9 Å². The van der Waals surface area contributed by atoms with Gasteiger partial charge in [0.2, 0.25) is 0 Å². The number of benzene rings is 2. The first-order chi connectivity index (χ1) is 10.0. The molecule has 2 N–H and O–H groups in total. The first kappa shape index (κ1) is 15.7. The molecule has 21 heavy (non-hydrogen) atoms. The van der Waals surface area contributed by atoms with Crippen molar-refractivity contribution < 1.29 is 9.84 Å². The summed E-state index contributed by atoms with van der Waals surface area (Å²) in [5, 5.41) is 13.2. The molecule has 0 saturated carbocycles. The third-order valence-corrected chi connectivity index (χ3v) is 3.75. The van der Waals surface area contributed by atoms with Gasteiger partial charge in [0, 0.05) is 16.7 Å². The Morgan fingerprint density at radius 3 is 2.43 bits per heavy atom. The SMILES string of the molecule is CCOc1cc(CNc2c(C)cc(Br)cc2C)ccc1O. The van der Waals surface area contributed by atoms with Gasteiger partial charge in [-0.05, 0) is 61.7 Å². The van der Waals surface area contributed by atoms with E-state index < -0.39 is 0 Å². The van der Waals surface area contributed by atoms with Gasteiger partial charge in [0.15, 0.2) is 11.5 Å². The zero-order valence-corrected chi connectivity index (χ0v) is 14.1. The Balaban J connectivity index is 2.15. The van der Waals surface area contributed by atoms with Crippen molar-refractivity contribution in [1.82, 2.24) is 0 Å². The molecule has 2 aromatic rings. The average Bonchev–Trinajstić information content (AvgIpc) is 2.41. The Labute approximate surface area is 134 Å². The molecule has 0 aliphatic rings. The Morgan fingerprint density at radius 2 is 1.81 bits per heavy atom. The lowest BCUT2D eigenvalue weighted by Gasteiger charge is -2.14. The van der Waals surface area contributed by atoms with Gasteiger partial charge in [-0.25, -0.2) is 0 Å². The van der Waals surface area contributed by atoms with E-state index in [1.165, 1.54) is 11.1 Å². The van der Waals surface area contributed by atoms with Crippen LogP contribution in [0.1, 0.15) is 23.6 Å². The fraction of sp³-hybridized carbons (Fsp3) is 0.294. The third kappa shape index (κ3) is 3.91. The van der Waals surface area contributed by atoms with Crippen LogP contribution in [0.4, 0.5) is 5.69 Å². The van der Waals surface area contributed by atoms with Crippen LogP contribution in [0.15, 0.2) is 34.8 Å². The second-order valence-electron chi connectivity index (χ2n) is 5.00. The summed E-state index contributed by atoms with van der Waals surface area (Å²) in [5.74, 6) is 0.706. The van der Waals surface area contributed by atoms with Gasteiger partial charge >= 0.3 is 0 Å². The summed E-state index contributed by atoms with van der Waals surface area (Å²) in [5.41, 5.74) is 4.61. The molecule has 0 heterocycles. The van der Waals surface area contributed by atoms with Crippen LogP contribution in [0.25, 0.3) is 0 Å². The van der Waals surface area contributed by atoms with Crippen LogP contribution in [0.5, 0.6) is 11.5 Å². The molecular weight excluding hydrogens is 330 g/mol. The second kappa shape index (κ2) is 6.85. The maximum atomic E-state index is 9.72. The lowest BCUT2D eigenvalue weighted by molar-refractivity contribution is 0.318. The molecule has 0 saturated heterocycles. The minimum atomic E-state index is 0.177. The molecule has 0 unspecified atom stereocenters. The summed E-state index contributed by atoms with van der Waals surface area (Å²) in [6.45, 7) is 7.29. The molecule has 0 fully saturated rings. The first-order valence-corrected chi connectivity index (χ1v) is 7.76. The van der Waals surface area contributed by atoms with E-state index >= 15 is 0 Å². The number of anilines is 1. The summed E-state index contributed by atoms with van der Waals surface area (Å²) in [4.78, 5) is 0. The predicted molar refractivity (Wildman–Crippen MR) is 90.2 cm³/mol. The summed E-state index contributed by atoms with van der Waals surface area (Å²) in [7, 11) is 0. The van der Waals surface area contributed by atoms with Crippen molar-refractivity contribution in [2.45, 2.75) is 27.3 Å². The van der Waals surface area contributed by atoms with Crippen molar-refractivity contribution in [3.63, 3.8) is 0 Å². The first-order valence-electron chi connectivity index (χ1n) is 6.96. The number of hydrogen-bond donors (Lipinski definition) is 2. The number of hydrogen-bond acceptors (Lipinski definition) is 3. The van der Waals surface area contributed by atoms with Crippen molar-refractivity contribution in [3.8, 4) is 11.5 Å². The number of nitrogens with one attached hydrogen (secondary N) is 1. The molecule has 0 aromatic heterocycles. The van der Waals surface area contributed by atoms with Crippen LogP contribution < -0.4 is 10.1 Å². The number of phenolic OH excluding ortho intramolecular Hbond substituents is 1. The Hall–Kier alpha value is -1.68. The topological polar surface area (TPSA) is 41.5 Å². The normalized spacial score (nSPS) is 10.5. The standard InChI is InChI=1S/C17H20BrNO2/c1-4-21-16-9-13(5-6-15(16)20)10-19-17-11(2)7-14(18)8-12(17)3/h5-9,19-20H,4,10H2,1-3H3. The van der Waals surface area contributed by atoms with Gasteiger partial charge in [0.05, 0.1) is 6.61 Å². The quantitative estimate of drug-likeness (QED) is 0.815. The van der Waals surface area contributed by atoms with Crippen LogP contribution in [-0.2, 0) is 6.54 Å². The van der Waals surface area contributed by atoms with E-state index in [9.17, 15) is 5.11 Å². The molecule has 0 radical (unpaired) electrons. The maximum Gasteiger partial charge on any atom is 0.161 e. The highest BCUT2D eigenvalue weighted by Crippen LogP contribution is 2.29. The number of phenols is 1. The lowest BCUT2D eigenvalue weighted by atomic mass is 10.1. The maximum absolute atomic E-state index is 9.72. The van der Waals surface area contributed by atoms with E-state index in [1.807, 2.05) is 19.1 Å². The fourth-order valence-electron chi connectivity index (χ4n) is 2.32. The zero-order chi connectivity index (χ0) is 15.4. The van der Waals surface area contributed by atoms with Crippen molar-refractivity contribution in [3.05, 3.63) is 51.5 Å². The van der Waals surface area contributed by atoms with Crippen LogP contribution in [0, 0.1) is 13.8 Å². The summed E-state index contributed by atoms with van der Waals surface area (Å²) in [6.07, 6.45) is 0. The largest absolute Gasteiger partial charge is 0.504 e.